The first-order valence-corrected chi connectivity index (χ1v) is 7.75. The summed E-state index contributed by atoms with van der Waals surface area (Å²) >= 11 is 0. The van der Waals surface area contributed by atoms with Crippen LogP contribution >= 0.6 is 0 Å². The zero-order valence-electron chi connectivity index (χ0n) is 13.2. The Kier molecular flexibility index (Phi) is 4.52. The van der Waals surface area contributed by atoms with Crippen molar-refractivity contribution in [3.8, 4) is 0 Å². The van der Waals surface area contributed by atoms with Gasteiger partial charge in [-0.1, -0.05) is 0 Å². The van der Waals surface area contributed by atoms with E-state index in [9.17, 15) is 14.7 Å². The molecule has 124 valence electrons. The number of hydrogen-bond donors (Lipinski definition) is 3. The van der Waals surface area contributed by atoms with Crippen LogP contribution in [0.1, 0.15) is 52.3 Å². The van der Waals surface area contributed by atoms with Gasteiger partial charge in [-0.05, 0) is 38.0 Å². The fourth-order valence-corrected chi connectivity index (χ4v) is 2.25. The minimum atomic E-state index is -0.736. The molecule has 7 nitrogen and oxygen atoms in total. The van der Waals surface area contributed by atoms with Gasteiger partial charge in [-0.25, -0.2) is 0 Å². The molecule has 0 radical (unpaired) electrons. The Balaban J connectivity index is 1.76. The van der Waals surface area contributed by atoms with Gasteiger partial charge in [-0.15, -0.1) is 0 Å². The number of aromatic nitrogens is 2. The highest BCUT2D eigenvalue weighted by Crippen LogP contribution is 2.22. The molecule has 1 aliphatic rings. The normalized spacial score (nSPS) is 14.8. The van der Waals surface area contributed by atoms with Crippen molar-refractivity contribution in [2.45, 2.75) is 31.9 Å². The topological polar surface area (TPSA) is 104 Å². The van der Waals surface area contributed by atoms with E-state index >= 15 is 0 Å². The summed E-state index contributed by atoms with van der Waals surface area (Å²) in [6.45, 7) is 1.61. The lowest BCUT2D eigenvalue weighted by atomic mass is 10.1. The third kappa shape index (κ3) is 3.75. The number of carbonyl (C=O) groups excluding carboxylic acids is 2. The molecule has 2 heterocycles. The van der Waals surface area contributed by atoms with Crippen LogP contribution in [0.25, 0.3) is 0 Å². The molecule has 1 fully saturated rings. The minimum Gasteiger partial charge on any atom is -0.389 e. The predicted octanol–water partition coefficient (Wildman–Crippen LogP) is 1.67. The summed E-state index contributed by atoms with van der Waals surface area (Å²) in [5.74, 6) is -0.675. The number of aliphatic hydroxyl groups is 1. The highest BCUT2D eigenvalue weighted by molar-refractivity contribution is 6.06. The van der Waals surface area contributed by atoms with E-state index < -0.39 is 12.0 Å². The molecule has 0 saturated heterocycles. The van der Waals surface area contributed by atoms with E-state index in [0.29, 0.717) is 16.8 Å². The number of hydrogen-bond acceptors (Lipinski definition) is 5. The van der Waals surface area contributed by atoms with Gasteiger partial charge in [0.2, 0.25) is 0 Å². The smallest absolute Gasteiger partial charge is 0.270 e. The molecule has 24 heavy (non-hydrogen) atoms. The van der Waals surface area contributed by atoms with Crippen LogP contribution in [0.3, 0.4) is 0 Å². The zero-order valence-corrected chi connectivity index (χ0v) is 13.2. The van der Waals surface area contributed by atoms with E-state index in [1.807, 2.05) is 0 Å². The predicted molar refractivity (Wildman–Crippen MR) is 87.5 cm³/mol. The second kappa shape index (κ2) is 6.76. The van der Waals surface area contributed by atoms with Crippen LogP contribution in [0.5, 0.6) is 0 Å². The fraction of sp³-hybridized carbons (Fsp3) is 0.294. The van der Waals surface area contributed by atoms with Gasteiger partial charge in [0.15, 0.2) is 0 Å². The maximum absolute atomic E-state index is 12.4. The van der Waals surface area contributed by atoms with Gasteiger partial charge in [-0.2, -0.15) is 0 Å². The summed E-state index contributed by atoms with van der Waals surface area (Å²) in [7, 11) is 0. The number of pyridine rings is 2. The second-order valence-corrected chi connectivity index (χ2v) is 5.77. The van der Waals surface area contributed by atoms with Crippen LogP contribution in [-0.2, 0) is 0 Å². The van der Waals surface area contributed by atoms with Crippen LogP contribution < -0.4 is 10.6 Å². The molecule has 1 atom stereocenters. The van der Waals surface area contributed by atoms with Crippen molar-refractivity contribution in [2.24, 2.45) is 0 Å². The summed E-state index contributed by atoms with van der Waals surface area (Å²) < 4.78 is 0. The first-order chi connectivity index (χ1) is 11.5. The summed E-state index contributed by atoms with van der Waals surface area (Å²) in [4.78, 5) is 32.4. The van der Waals surface area contributed by atoms with Crippen molar-refractivity contribution in [3.63, 3.8) is 0 Å². The Bertz CT molecular complexity index is 772. The number of nitrogens with one attached hydrogen (secondary N) is 2. The van der Waals surface area contributed by atoms with Crippen molar-refractivity contribution in [1.82, 2.24) is 15.3 Å². The first kappa shape index (κ1) is 16.1. The van der Waals surface area contributed by atoms with Gasteiger partial charge in [0, 0.05) is 29.6 Å². The molecular weight excluding hydrogens is 308 g/mol. The molecule has 3 rings (SSSR count). The molecule has 0 aliphatic heterocycles. The summed E-state index contributed by atoms with van der Waals surface area (Å²) in [5, 5.41) is 15.3. The van der Waals surface area contributed by atoms with Crippen molar-refractivity contribution < 1.29 is 14.7 Å². The molecule has 7 heteroatoms. The molecule has 1 aliphatic carbocycles. The standard InChI is InChI=1S/C17H18N4O3/c1-10(22)13-5-6-18-9-15(13)21-16(23)11-4-7-19-14(8-11)17(24)20-12-2-3-12/h4-10,12,22H,2-3H2,1H3,(H,20,24)(H,21,23). The number of amides is 2. The molecule has 2 aromatic rings. The Labute approximate surface area is 139 Å². The van der Waals surface area contributed by atoms with Gasteiger partial charge < -0.3 is 15.7 Å². The van der Waals surface area contributed by atoms with Crippen molar-refractivity contribution in [1.29, 1.82) is 0 Å². The molecule has 1 saturated carbocycles. The molecule has 2 amide bonds. The molecule has 3 N–H and O–H groups in total. The quantitative estimate of drug-likeness (QED) is 0.775. The van der Waals surface area contributed by atoms with Crippen molar-refractivity contribution in [2.75, 3.05) is 5.32 Å². The van der Waals surface area contributed by atoms with Gasteiger partial charge in [0.05, 0.1) is 18.0 Å². The summed E-state index contributed by atoms with van der Waals surface area (Å²) in [6, 6.07) is 4.84. The van der Waals surface area contributed by atoms with Crippen LogP contribution in [0.4, 0.5) is 5.69 Å². The molecule has 0 aromatic carbocycles. The Morgan fingerprint density at radius 1 is 1.25 bits per heavy atom. The molecule has 2 aromatic heterocycles. The average Bonchev–Trinajstić information content (AvgIpc) is 3.39. The van der Waals surface area contributed by atoms with E-state index in [1.165, 1.54) is 24.5 Å². The molecule has 0 bridgehead atoms. The molecule has 1 unspecified atom stereocenters. The lowest BCUT2D eigenvalue weighted by molar-refractivity contribution is 0.0946. The number of nitrogens with zero attached hydrogens (tertiary/aromatic N) is 2. The number of rotatable bonds is 5. The van der Waals surface area contributed by atoms with E-state index in [-0.39, 0.29) is 17.6 Å². The van der Waals surface area contributed by atoms with Crippen LogP contribution in [0, 0.1) is 0 Å². The Morgan fingerprint density at radius 2 is 2.04 bits per heavy atom. The van der Waals surface area contributed by atoms with Crippen molar-refractivity contribution in [3.05, 3.63) is 53.6 Å². The molecule has 0 spiro atoms. The SMILES string of the molecule is CC(O)c1ccncc1NC(=O)c1ccnc(C(=O)NC2CC2)c1. The lowest BCUT2D eigenvalue weighted by Crippen LogP contribution is -2.26. The van der Waals surface area contributed by atoms with Gasteiger partial charge in [0.25, 0.3) is 11.8 Å². The van der Waals surface area contributed by atoms with Crippen LogP contribution in [0.15, 0.2) is 36.8 Å². The average molecular weight is 326 g/mol. The monoisotopic (exact) mass is 326 g/mol. The third-order valence-corrected chi connectivity index (χ3v) is 3.72. The van der Waals surface area contributed by atoms with Crippen LogP contribution in [0.2, 0.25) is 0 Å². The second-order valence-electron chi connectivity index (χ2n) is 5.77. The number of carbonyl (C=O) groups is 2. The fourth-order valence-electron chi connectivity index (χ4n) is 2.25. The lowest BCUT2D eigenvalue weighted by Gasteiger charge is -2.12. The van der Waals surface area contributed by atoms with E-state index in [0.717, 1.165) is 12.8 Å². The van der Waals surface area contributed by atoms with Gasteiger partial charge in [0.1, 0.15) is 5.69 Å². The van der Waals surface area contributed by atoms with E-state index in [4.69, 9.17) is 0 Å². The first-order valence-electron chi connectivity index (χ1n) is 7.75. The van der Waals surface area contributed by atoms with Gasteiger partial charge >= 0.3 is 0 Å². The highest BCUT2D eigenvalue weighted by Gasteiger charge is 2.24. The number of anilines is 1. The third-order valence-electron chi connectivity index (χ3n) is 3.72. The highest BCUT2D eigenvalue weighted by atomic mass is 16.3. The summed E-state index contributed by atoms with van der Waals surface area (Å²) in [5.41, 5.74) is 1.51. The largest absolute Gasteiger partial charge is 0.389 e. The van der Waals surface area contributed by atoms with E-state index in [1.54, 1.807) is 19.2 Å². The molecular formula is C17H18N4O3. The maximum Gasteiger partial charge on any atom is 0.270 e. The van der Waals surface area contributed by atoms with Crippen LogP contribution in [-0.4, -0.2) is 32.9 Å². The Hall–Kier alpha value is -2.80. The summed E-state index contributed by atoms with van der Waals surface area (Å²) in [6.07, 6.45) is 5.67. The zero-order chi connectivity index (χ0) is 17.1. The Morgan fingerprint density at radius 3 is 2.75 bits per heavy atom. The van der Waals surface area contributed by atoms with Crippen molar-refractivity contribution >= 4 is 17.5 Å². The van der Waals surface area contributed by atoms with E-state index in [2.05, 4.69) is 20.6 Å². The van der Waals surface area contributed by atoms with Gasteiger partial charge in [-0.3, -0.25) is 19.6 Å². The minimum absolute atomic E-state index is 0.205. The number of aliphatic hydroxyl groups excluding tert-OH is 1. The maximum atomic E-state index is 12.4.